The summed E-state index contributed by atoms with van der Waals surface area (Å²) in [5, 5.41) is 19.7. The second-order valence-electron chi connectivity index (χ2n) is 4.72. The number of aromatic amines is 1. The zero-order valence-corrected chi connectivity index (χ0v) is 11.1. The van der Waals surface area contributed by atoms with Crippen molar-refractivity contribution in [1.82, 2.24) is 15.5 Å². The topological polar surface area (TPSA) is 104 Å². The summed E-state index contributed by atoms with van der Waals surface area (Å²) < 4.78 is 0. The van der Waals surface area contributed by atoms with E-state index in [-0.39, 0.29) is 11.7 Å². The Kier molecular flexibility index (Phi) is 3.19. The maximum absolute atomic E-state index is 12.0. The van der Waals surface area contributed by atoms with Gasteiger partial charge in [-0.15, -0.1) is 0 Å². The number of aromatic nitrogens is 2. The molecule has 2 aromatic carbocycles. The van der Waals surface area contributed by atoms with Crippen LogP contribution in [-0.2, 0) is 6.54 Å². The van der Waals surface area contributed by atoms with Gasteiger partial charge in [-0.3, -0.25) is 9.89 Å². The van der Waals surface area contributed by atoms with Crippen molar-refractivity contribution in [2.24, 2.45) is 0 Å². The minimum atomic E-state index is -0.244. The van der Waals surface area contributed by atoms with Gasteiger partial charge in [0, 0.05) is 17.5 Å². The lowest BCUT2D eigenvalue weighted by atomic mass is 10.1. The van der Waals surface area contributed by atoms with Gasteiger partial charge in [0.15, 0.2) is 5.82 Å². The zero-order valence-electron chi connectivity index (χ0n) is 11.1. The molecular formula is C15H14N4O2. The molecule has 0 aliphatic heterocycles. The maximum Gasteiger partial charge on any atom is 0.251 e. The van der Waals surface area contributed by atoms with Crippen LogP contribution in [-0.4, -0.2) is 21.2 Å². The molecule has 0 aliphatic rings. The molecule has 3 rings (SSSR count). The third-order valence-electron chi connectivity index (χ3n) is 3.22. The number of fused-ring (bicyclic) bond motifs is 1. The van der Waals surface area contributed by atoms with Crippen LogP contribution in [0.1, 0.15) is 15.9 Å². The molecule has 0 saturated heterocycles. The van der Waals surface area contributed by atoms with Gasteiger partial charge in [-0.25, -0.2) is 0 Å². The molecule has 0 unspecified atom stereocenters. The summed E-state index contributed by atoms with van der Waals surface area (Å²) in [4.78, 5) is 12.0. The zero-order chi connectivity index (χ0) is 14.8. The second-order valence-corrected chi connectivity index (χ2v) is 4.72. The number of nitrogens with one attached hydrogen (secondary N) is 2. The molecule has 0 aliphatic carbocycles. The molecule has 0 fully saturated rings. The van der Waals surface area contributed by atoms with E-state index in [4.69, 9.17) is 5.73 Å². The smallest absolute Gasteiger partial charge is 0.251 e. The predicted molar refractivity (Wildman–Crippen MR) is 79.8 cm³/mol. The molecule has 0 spiro atoms. The number of nitrogens with zero attached hydrogens (tertiary/aromatic N) is 1. The number of carbonyl (C=O) groups is 1. The lowest BCUT2D eigenvalue weighted by molar-refractivity contribution is 0.0950. The highest BCUT2D eigenvalue weighted by Crippen LogP contribution is 2.19. The van der Waals surface area contributed by atoms with E-state index in [0.717, 1.165) is 16.5 Å². The van der Waals surface area contributed by atoms with Crippen LogP contribution in [0.3, 0.4) is 0 Å². The van der Waals surface area contributed by atoms with Crippen molar-refractivity contribution in [2.45, 2.75) is 6.54 Å². The van der Waals surface area contributed by atoms with Gasteiger partial charge in [0.1, 0.15) is 5.75 Å². The fraction of sp³-hybridized carbons (Fsp3) is 0.0667. The summed E-state index contributed by atoms with van der Waals surface area (Å²) >= 11 is 0. The van der Waals surface area contributed by atoms with Crippen molar-refractivity contribution in [3.05, 3.63) is 53.6 Å². The van der Waals surface area contributed by atoms with Crippen molar-refractivity contribution in [3.63, 3.8) is 0 Å². The van der Waals surface area contributed by atoms with E-state index in [1.807, 2.05) is 18.2 Å². The van der Waals surface area contributed by atoms with E-state index in [2.05, 4.69) is 15.5 Å². The van der Waals surface area contributed by atoms with Gasteiger partial charge in [-0.05, 0) is 35.9 Å². The number of nitrogens with two attached hydrogens (primary N) is 1. The van der Waals surface area contributed by atoms with Gasteiger partial charge in [0.05, 0.1) is 5.52 Å². The first-order chi connectivity index (χ1) is 10.1. The van der Waals surface area contributed by atoms with Crippen molar-refractivity contribution >= 4 is 22.6 Å². The van der Waals surface area contributed by atoms with Crippen molar-refractivity contribution < 1.29 is 9.90 Å². The third-order valence-corrected chi connectivity index (χ3v) is 3.22. The molecule has 21 heavy (non-hydrogen) atoms. The number of benzene rings is 2. The monoisotopic (exact) mass is 282 g/mol. The van der Waals surface area contributed by atoms with Gasteiger partial charge in [-0.1, -0.05) is 12.1 Å². The Morgan fingerprint density at radius 3 is 2.95 bits per heavy atom. The number of hydrogen-bond donors (Lipinski definition) is 4. The van der Waals surface area contributed by atoms with Crippen LogP contribution in [0.4, 0.5) is 5.82 Å². The summed E-state index contributed by atoms with van der Waals surface area (Å²) in [7, 11) is 0. The number of amides is 1. The molecule has 1 aromatic heterocycles. The molecule has 6 heteroatoms. The van der Waals surface area contributed by atoms with E-state index in [1.54, 1.807) is 12.1 Å². The van der Waals surface area contributed by atoms with Crippen LogP contribution in [0.2, 0.25) is 0 Å². The Labute approximate surface area is 120 Å². The van der Waals surface area contributed by atoms with Crippen LogP contribution >= 0.6 is 0 Å². The number of H-pyrrole nitrogens is 1. The predicted octanol–water partition coefficient (Wildman–Crippen LogP) is 1.78. The SMILES string of the molecule is Nc1n[nH]c2ccc(CNC(=O)c3cccc(O)c3)cc12. The minimum Gasteiger partial charge on any atom is -0.508 e. The second kappa shape index (κ2) is 5.16. The number of rotatable bonds is 3. The number of aromatic hydroxyl groups is 1. The highest BCUT2D eigenvalue weighted by Gasteiger charge is 2.07. The Morgan fingerprint density at radius 2 is 2.14 bits per heavy atom. The molecule has 0 atom stereocenters. The Hall–Kier alpha value is -3.02. The maximum atomic E-state index is 12.0. The van der Waals surface area contributed by atoms with Crippen LogP contribution in [0, 0.1) is 0 Å². The molecule has 1 heterocycles. The van der Waals surface area contributed by atoms with Gasteiger partial charge < -0.3 is 16.2 Å². The number of carbonyl (C=O) groups excluding carboxylic acids is 1. The van der Waals surface area contributed by atoms with Crippen LogP contribution in [0.5, 0.6) is 5.75 Å². The minimum absolute atomic E-state index is 0.0650. The Balaban J connectivity index is 1.74. The fourth-order valence-corrected chi connectivity index (χ4v) is 2.12. The first kappa shape index (κ1) is 13.0. The number of hydrogen-bond acceptors (Lipinski definition) is 4. The summed E-state index contributed by atoms with van der Waals surface area (Å²) in [6.45, 7) is 0.370. The fourth-order valence-electron chi connectivity index (χ4n) is 2.12. The van der Waals surface area contributed by atoms with Crippen molar-refractivity contribution in [1.29, 1.82) is 0 Å². The first-order valence-corrected chi connectivity index (χ1v) is 6.43. The lowest BCUT2D eigenvalue weighted by Crippen LogP contribution is -2.22. The Bertz CT molecular complexity index is 810. The quantitative estimate of drug-likeness (QED) is 0.587. The normalized spacial score (nSPS) is 10.7. The van der Waals surface area contributed by atoms with E-state index in [9.17, 15) is 9.90 Å². The van der Waals surface area contributed by atoms with Crippen molar-refractivity contribution in [2.75, 3.05) is 5.73 Å². The summed E-state index contributed by atoms with van der Waals surface area (Å²) in [6.07, 6.45) is 0. The van der Waals surface area contributed by atoms with E-state index < -0.39 is 0 Å². The number of phenolic OH excluding ortho intramolecular Hbond substituents is 1. The van der Waals surface area contributed by atoms with Crippen LogP contribution in [0.25, 0.3) is 10.9 Å². The summed E-state index contributed by atoms with van der Waals surface area (Å²) in [5.41, 5.74) is 7.94. The summed E-state index contributed by atoms with van der Waals surface area (Å²) in [6, 6.07) is 11.9. The average Bonchev–Trinajstić information content (AvgIpc) is 2.86. The molecular weight excluding hydrogens is 268 g/mol. The third kappa shape index (κ3) is 2.64. The largest absolute Gasteiger partial charge is 0.508 e. The van der Waals surface area contributed by atoms with Gasteiger partial charge in [0.25, 0.3) is 5.91 Å². The number of phenols is 1. The highest BCUT2D eigenvalue weighted by molar-refractivity contribution is 5.94. The number of anilines is 1. The molecule has 1 amide bonds. The van der Waals surface area contributed by atoms with Crippen LogP contribution < -0.4 is 11.1 Å². The molecule has 0 bridgehead atoms. The molecule has 3 aromatic rings. The standard InChI is InChI=1S/C15H14N4O2/c16-14-12-6-9(4-5-13(12)18-19-14)8-17-15(21)10-2-1-3-11(20)7-10/h1-7,20H,8H2,(H,17,21)(H3,16,18,19). The van der Waals surface area contributed by atoms with E-state index in [1.165, 1.54) is 12.1 Å². The van der Waals surface area contributed by atoms with Gasteiger partial charge >= 0.3 is 0 Å². The van der Waals surface area contributed by atoms with E-state index >= 15 is 0 Å². The molecule has 0 saturated carbocycles. The Morgan fingerprint density at radius 1 is 1.29 bits per heavy atom. The van der Waals surface area contributed by atoms with Gasteiger partial charge in [0.2, 0.25) is 0 Å². The van der Waals surface area contributed by atoms with Crippen LogP contribution in [0.15, 0.2) is 42.5 Å². The van der Waals surface area contributed by atoms with E-state index in [0.29, 0.717) is 17.9 Å². The lowest BCUT2D eigenvalue weighted by Gasteiger charge is -2.06. The molecule has 5 N–H and O–H groups in total. The molecule has 106 valence electrons. The number of nitrogen functional groups attached to an aromatic ring is 1. The molecule has 6 nitrogen and oxygen atoms in total. The highest BCUT2D eigenvalue weighted by atomic mass is 16.3. The van der Waals surface area contributed by atoms with Crippen molar-refractivity contribution in [3.8, 4) is 5.75 Å². The first-order valence-electron chi connectivity index (χ1n) is 6.43. The summed E-state index contributed by atoms with van der Waals surface area (Å²) in [5.74, 6) is 0.257. The van der Waals surface area contributed by atoms with Gasteiger partial charge in [-0.2, -0.15) is 5.10 Å². The molecule has 0 radical (unpaired) electrons. The average molecular weight is 282 g/mol.